The van der Waals surface area contributed by atoms with Gasteiger partial charge in [-0.3, -0.25) is 9.48 Å². The number of nitrogens with two attached hydrogens (primary N) is 1. The topological polar surface area (TPSA) is 84.4 Å². The Balaban J connectivity index is 2.09. The van der Waals surface area contributed by atoms with E-state index in [1.807, 2.05) is 0 Å². The average Bonchev–Trinajstić information content (AvgIpc) is 2.84. The van der Waals surface area contributed by atoms with Crippen LogP contribution in [-0.2, 0) is 7.05 Å². The maximum absolute atomic E-state index is 12.1. The van der Waals surface area contributed by atoms with Crippen LogP contribution in [0.2, 0.25) is 0 Å². The van der Waals surface area contributed by atoms with Crippen molar-refractivity contribution in [3.8, 4) is 0 Å². The first-order chi connectivity index (χ1) is 7.99. The molecule has 6 nitrogen and oxygen atoms in total. The number of nitrogens with zero attached hydrogens (tertiary/aromatic N) is 3. The average molecular weight is 238 g/mol. The first-order valence-corrected chi connectivity index (χ1v) is 5.75. The zero-order valence-corrected chi connectivity index (χ0v) is 10.1. The fourth-order valence-corrected chi connectivity index (χ4v) is 2.19. The summed E-state index contributed by atoms with van der Waals surface area (Å²) in [4.78, 5) is 13.8. The summed E-state index contributed by atoms with van der Waals surface area (Å²) >= 11 is 0. The highest BCUT2D eigenvalue weighted by Gasteiger charge is 2.31. The van der Waals surface area contributed by atoms with Gasteiger partial charge in [-0.05, 0) is 13.3 Å². The molecule has 1 fully saturated rings. The van der Waals surface area contributed by atoms with E-state index in [4.69, 9.17) is 5.73 Å². The predicted molar refractivity (Wildman–Crippen MR) is 63.3 cm³/mol. The molecule has 2 atom stereocenters. The Hall–Kier alpha value is -1.56. The zero-order chi connectivity index (χ0) is 12.6. The summed E-state index contributed by atoms with van der Waals surface area (Å²) < 4.78 is 1.53. The molecule has 6 heteroatoms. The zero-order valence-electron chi connectivity index (χ0n) is 10.1. The molecule has 1 aromatic heterocycles. The molecule has 0 bridgehead atoms. The summed E-state index contributed by atoms with van der Waals surface area (Å²) in [6.07, 6.45) is 2.07. The summed E-state index contributed by atoms with van der Waals surface area (Å²) in [5.41, 5.74) is 6.43. The maximum atomic E-state index is 12.1. The fourth-order valence-electron chi connectivity index (χ4n) is 2.19. The molecule has 3 N–H and O–H groups in total. The Morgan fingerprint density at radius 3 is 2.88 bits per heavy atom. The second kappa shape index (κ2) is 4.37. The molecule has 0 saturated carbocycles. The van der Waals surface area contributed by atoms with Crippen LogP contribution in [0.15, 0.2) is 6.20 Å². The number of hydrogen-bond donors (Lipinski definition) is 2. The van der Waals surface area contributed by atoms with Crippen molar-refractivity contribution in [3.05, 3.63) is 11.9 Å². The number of hydrogen-bond acceptors (Lipinski definition) is 4. The minimum Gasteiger partial charge on any atom is -0.396 e. The molecule has 94 valence electrons. The third kappa shape index (κ3) is 2.26. The van der Waals surface area contributed by atoms with Gasteiger partial charge in [0, 0.05) is 32.3 Å². The van der Waals surface area contributed by atoms with Crippen molar-refractivity contribution in [2.24, 2.45) is 13.0 Å². The number of amides is 1. The third-order valence-corrected chi connectivity index (χ3v) is 3.25. The lowest BCUT2D eigenvalue weighted by atomic mass is 10.0. The molecule has 2 unspecified atom stereocenters. The number of likely N-dealkylation sites (tertiary alicyclic amines) is 1. The molecule has 17 heavy (non-hydrogen) atoms. The Kier molecular flexibility index (Phi) is 3.06. The van der Waals surface area contributed by atoms with Gasteiger partial charge >= 0.3 is 0 Å². The molecule has 0 spiro atoms. The van der Waals surface area contributed by atoms with Gasteiger partial charge in [0.15, 0.2) is 5.69 Å². The third-order valence-electron chi connectivity index (χ3n) is 3.25. The Labute approximate surface area is 100 Å². The summed E-state index contributed by atoms with van der Waals surface area (Å²) in [5, 5.41) is 13.6. The maximum Gasteiger partial charge on any atom is 0.276 e. The predicted octanol–water partition coefficient (Wildman–Crippen LogP) is -0.155. The van der Waals surface area contributed by atoms with Crippen LogP contribution in [0.5, 0.6) is 0 Å². The fraction of sp³-hybridized carbons (Fsp3) is 0.636. The highest BCUT2D eigenvalue weighted by molar-refractivity contribution is 5.97. The normalized spacial score (nSPS) is 21.8. The van der Waals surface area contributed by atoms with Crippen molar-refractivity contribution >= 4 is 11.6 Å². The van der Waals surface area contributed by atoms with Crippen LogP contribution in [-0.4, -0.2) is 44.9 Å². The van der Waals surface area contributed by atoms with E-state index in [0.29, 0.717) is 24.5 Å². The van der Waals surface area contributed by atoms with Gasteiger partial charge in [0.25, 0.3) is 5.91 Å². The van der Waals surface area contributed by atoms with Crippen molar-refractivity contribution < 1.29 is 9.90 Å². The molecule has 1 aromatic rings. The van der Waals surface area contributed by atoms with Crippen molar-refractivity contribution in [1.29, 1.82) is 0 Å². The summed E-state index contributed by atoms with van der Waals surface area (Å²) in [6.45, 7) is 2.99. The van der Waals surface area contributed by atoms with Crippen molar-refractivity contribution in [1.82, 2.24) is 14.7 Å². The molecule has 2 heterocycles. The van der Waals surface area contributed by atoms with Crippen LogP contribution in [0.25, 0.3) is 0 Å². The Morgan fingerprint density at radius 1 is 1.71 bits per heavy atom. The summed E-state index contributed by atoms with van der Waals surface area (Å²) in [5.74, 6) is 0.00939. The smallest absolute Gasteiger partial charge is 0.276 e. The van der Waals surface area contributed by atoms with E-state index in [1.54, 1.807) is 25.1 Å². The number of aliphatic hydroxyl groups excluding tert-OH is 1. The monoisotopic (exact) mass is 238 g/mol. The number of aromatic nitrogens is 2. The first kappa shape index (κ1) is 11.9. The molecular formula is C11H18N4O2. The minimum absolute atomic E-state index is 0.147. The number of carbonyl (C=O) groups is 1. The second-order valence-electron chi connectivity index (χ2n) is 4.65. The van der Waals surface area contributed by atoms with E-state index < -0.39 is 0 Å². The van der Waals surface area contributed by atoms with Crippen LogP contribution < -0.4 is 5.73 Å². The largest absolute Gasteiger partial charge is 0.396 e. The first-order valence-electron chi connectivity index (χ1n) is 5.75. The molecule has 0 aromatic carbocycles. The number of carbonyl (C=O) groups excluding carboxylic acids is 1. The van der Waals surface area contributed by atoms with Gasteiger partial charge in [-0.15, -0.1) is 0 Å². The molecular weight excluding hydrogens is 220 g/mol. The number of anilines is 1. The van der Waals surface area contributed by atoms with Crippen molar-refractivity contribution in [2.45, 2.75) is 19.4 Å². The van der Waals surface area contributed by atoms with Gasteiger partial charge in [-0.25, -0.2) is 0 Å². The molecule has 0 radical (unpaired) electrons. The van der Waals surface area contributed by atoms with Crippen molar-refractivity contribution in [2.75, 3.05) is 18.8 Å². The van der Waals surface area contributed by atoms with Gasteiger partial charge in [0.1, 0.15) is 0 Å². The highest BCUT2D eigenvalue weighted by Crippen LogP contribution is 2.22. The number of nitrogen functional groups attached to an aromatic ring is 1. The lowest BCUT2D eigenvalue weighted by molar-refractivity contribution is 0.0757. The van der Waals surface area contributed by atoms with E-state index in [-0.39, 0.29) is 17.9 Å². The molecule has 1 aliphatic rings. The summed E-state index contributed by atoms with van der Waals surface area (Å²) in [6, 6.07) is 0. The minimum atomic E-state index is -0.381. The summed E-state index contributed by atoms with van der Waals surface area (Å²) in [7, 11) is 1.73. The molecule has 1 saturated heterocycles. The van der Waals surface area contributed by atoms with Crippen LogP contribution in [0.1, 0.15) is 23.8 Å². The lowest BCUT2D eigenvalue weighted by Crippen LogP contribution is -2.31. The Morgan fingerprint density at radius 2 is 2.41 bits per heavy atom. The Bertz CT molecular complexity index is 427. The second-order valence-corrected chi connectivity index (χ2v) is 4.65. The van der Waals surface area contributed by atoms with Crippen LogP contribution in [0.3, 0.4) is 0 Å². The number of aliphatic hydroxyl groups is 1. The van der Waals surface area contributed by atoms with Crippen LogP contribution in [0, 0.1) is 5.92 Å². The van der Waals surface area contributed by atoms with Gasteiger partial charge in [-0.1, -0.05) is 0 Å². The molecule has 2 rings (SSSR count). The van der Waals surface area contributed by atoms with Gasteiger partial charge in [0.05, 0.1) is 11.8 Å². The van der Waals surface area contributed by atoms with Crippen LogP contribution >= 0.6 is 0 Å². The van der Waals surface area contributed by atoms with Gasteiger partial charge in [-0.2, -0.15) is 5.10 Å². The van der Waals surface area contributed by atoms with Gasteiger partial charge < -0.3 is 15.7 Å². The van der Waals surface area contributed by atoms with Gasteiger partial charge in [0.2, 0.25) is 0 Å². The van der Waals surface area contributed by atoms with E-state index in [1.165, 1.54) is 4.68 Å². The van der Waals surface area contributed by atoms with E-state index in [0.717, 1.165) is 6.42 Å². The van der Waals surface area contributed by atoms with E-state index >= 15 is 0 Å². The quantitative estimate of drug-likeness (QED) is 0.750. The number of rotatable bonds is 2. The van der Waals surface area contributed by atoms with E-state index in [2.05, 4.69) is 5.10 Å². The lowest BCUT2D eigenvalue weighted by Gasteiger charge is -2.16. The standard InChI is InChI=1S/C11H18N4O2/c1-7(16)8-3-4-15(5-8)11(17)10-9(12)6-14(2)13-10/h6-8,16H,3-5,12H2,1-2H3. The number of aryl methyl sites for hydroxylation is 1. The molecule has 1 aliphatic heterocycles. The van der Waals surface area contributed by atoms with E-state index in [9.17, 15) is 9.90 Å². The molecule has 1 amide bonds. The van der Waals surface area contributed by atoms with Crippen molar-refractivity contribution in [3.63, 3.8) is 0 Å². The van der Waals surface area contributed by atoms with Crippen LogP contribution in [0.4, 0.5) is 5.69 Å². The highest BCUT2D eigenvalue weighted by atomic mass is 16.3. The SMILES string of the molecule is CC(O)C1CCN(C(=O)c2nn(C)cc2N)C1. The molecule has 0 aliphatic carbocycles.